The van der Waals surface area contributed by atoms with E-state index in [4.69, 9.17) is 0 Å². The Hall–Kier alpha value is -0.180. The van der Waals surface area contributed by atoms with E-state index in [1.165, 1.54) is 4.31 Å². The number of rotatable bonds is 3. The molecule has 0 bridgehead atoms. The molecule has 1 fully saturated rings. The molecular formula is C8H18N2O4S2. The predicted octanol–water partition coefficient (Wildman–Crippen LogP) is -0.999. The molecule has 6 nitrogen and oxygen atoms in total. The first-order valence-electron chi connectivity index (χ1n) is 5.03. The number of hydrogen-bond donors (Lipinski definition) is 1. The largest absolute Gasteiger partial charge is 0.314 e. The third kappa shape index (κ3) is 3.41. The van der Waals surface area contributed by atoms with Crippen LogP contribution in [-0.4, -0.2) is 57.7 Å². The van der Waals surface area contributed by atoms with E-state index in [-0.39, 0.29) is 12.1 Å². The number of sulfone groups is 1. The van der Waals surface area contributed by atoms with E-state index in [0.29, 0.717) is 13.1 Å². The molecule has 0 saturated carbocycles. The van der Waals surface area contributed by atoms with E-state index in [9.17, 15) is 16.8 Å². The Kier molecular flexibility index (Phi) is 3.99. The molecule has 2 atom stereocenters. The highest BCUT2D eigenvalue weighted by Gasteiger charge is 2.36. The Morgan fingerprint density at radius 2 is 1.56 bits per heavy atom. The van der Waals surface area contributed by atoms with Crippen molar-refractivity contribution in [2.24, 2.45) is 0 Å². The van der Waals surface area contributed by atoms with Gasteiger partial charge >= 0.3 is 0 Å². The van der Waals surface area contributed by atoms with Crippen LogP contribution in [0.4, 0.5) is 0 Å². The molecule has 8 heteroatoms. The second-order valence-corrected chi connectivity index (χ2v) is 8.72. The summed E-state index contributed by atoms with van der Waals surface area (Å²) >= 11 is 0. The highest BCUT2D eigenvalue weighted by atomic mass is 32.3. The van der Waals surface area contributed by atoms with Gasteiger partial charge < -0.3 is 5.32 Å². The van der Waals surface area contributed by atoms with Crippen LogP contribution in [0.2, 0.25) is 0 Å². The average molecular weight is 270 g/mol. The molecule has 2 unspecified atom stereocenters. The van der Waals surface area contributed by atoms with Crippen molar-refractivity contribution in [3.8, 4) is 0 Å². The lowest BCUT2D eigenvalue weighted by Gasteiger charge is -2.37. The summed E-state index contributed by atoms with van der Waals surface area (Å²) in [5.41, 5.74) is 0. The molecule has 0 aromatic heterocycles. The number of piperazine rings is 1. The summed E-state index contributed by atoms with van der Waals surface area (Å²) in [5, 5.41) is 2.28. The Labute approximate surface area is 97.0 Å². The Morgan fingerprint density at radius 3 is 1.94 bits per heavy atom. The first-order chi connectivity index (χ1) is 7.13. The summed E-state index contributed by atoms with van der Waals surface area (Å²) < 4.78 is 47.3. The van der Waals surface area contributed by atoms with Gasteiger partial charge in [-0.2, -0.15) is 4.31 Å². The molecule has 0 radical (unpaired) electrons. The van der Waals surface area contributed by atoms with Crippen LogP contribution in [0.25, 0.3) is 0 Å². The molecule has 1 aliphatic rings. The van der Waals surface area contributed by atoms with Crippen molar-refractivity contribution in [1.82, 2.24) is 9.62 Å². The lowest BCUT2D eigenvalue weighted by Crippen LogP contribution is -2.57. The lowest BCUT2D eigenvalue weighted by molar-refractivity contribution is 0.221. The molecule has 0 aliphatic carbocycles. The maximum absolute atomic E-state index is 11.9. The van der Waals surface area contributed by atoms with Gasteiger partial charge in [0.05, 0.1) is 0 Å². The zero-order valence-corrected chi connectivity index (χ0v) is 11.3. The van der Waals surface area contributed by atoms with Gasteiger partial charge in [0.2, 0.25) is 10.0 Å². The summed E-state index contributed by atoms with van der Waals surface area (Å²) in [6.07, 6.45) is 0.933. The van der Waals surface area contributed by atoms with Gasteiger partial charge in [-0.3, -0.25) is 0 Å². The molecule has 1 rings (SSSR count). The molecule has 16 heavy (non-hydrogen) atoms. The minimum absolute atomic E-state index is 0.213. The van der Waals surface area contributed by atoms with Crippen LogP contribution < -0.4 is 5.32 Å². The van der Waals surface area contributed by atoms with E-state index in [2.05, 4.69) is 5.32 Å². The van der Waals surface area contributed by atoms with E-state index in [0.717, 1.165) is 6.26 Å². The van der Waals surface area contributed by atoms with Gasteiger partial charge in [-0.1, -0.05) is 0 Å². The monoisotopic (exact) mass is 270 g/mol. The first-order valence-corrected chi connectivity index (χ1v) is 8.70. The summed E-state index contributed by atoms with van der Waals surface area (Å²) in [6.45, 7) is 4.63. The van der Waals surface area contributed by atoms with Crippen molar-refractivity contribution in [1.29, 1.82) is 0 Å². The van der Waals surface area contributed by atoms with Crippen LogP contribution in [0.1, 0.15) is 13.8 Å². The van der Waals surface area contributed by atoms with Gasteiger partial charge in [-0.25, -0.2) is 16.8 Å². The Bertz CT molecular complexity index is 433. The molecular weight excluding hydrogens is 252 g/mol. The zero-order valence-electron chi connectivity index (χ0n) is 9.67. The molecule has 0 aromatic rings. The van der Waals surface area contributed by atoms with E-state index in [1.807, 2.05) is 0 Å². The third-order valence-corrected chi connectivity index (χ3v) is 6.70. The van der Waals surface area contributed by atoms with Gasteiger partial charge in [0.25, 0.3) is 0 Å². The molecule has 1 N–H and O–H groups in total. The van der Waals surface area contributed by atoms with Crippen LogP contribution in [-0.2, 0) is 19.9 Å². The number of hydrogen-bond acceptors (Lipinski definition) is 5. The van der Waals surface area contributed by atoms with Crippen LogP contribution in [0.15, 0.2) is 0 Å². The van der Waals surface area contributed by atoms with Crippen molar-refractivity contribution < 1.29 is 16.8 Å². The minimum atomic E-state index is -3.73. The van der Waals surface area contributed by atoms with Gasteiger partial charge in [0.1, 0.15) is 0 Å². The number of sulfonamides is 1. The minimum Gasteiger partial charge on any atom is -0.314 e. The molecule has 1 heterocycles. The van der Waals surface area contributed by atoms with Crippen LogP contribution in [0.5, 0.6) is 0 Å². The van der Waals surface area contributed by atoms with E-state index >= 15 is 0 Å². The standard InChI is InChI=1S/C8H18N2O4S2/c1-7-4-9-5-8(2)10(7)16(13,14)6-15(3,11)12/h7-9H,4-6H2,1-3H3. The van der Waals surface area contributed by atoms with Gasteiger partial charge in [0, 0.05) is 31.4 Å². The second kappa shape index (κ2) is 4.59. The number of nitrogens with one attached hydrogen (secondary N) is 1. The van der Waals surface area contributed by atoms with Gasteiger partial charge in [-0.15, -0.1) is 0 Å². The maximum Gasteiger partial charge on any atom is 0.229 e. The quantitative estimate of drug-likeness (QED) is 0.711. The lowest BCUT2D eigenvalue weighted by atomic mass is 10.2. The fourth-order valence-corrected chi connectivity index (χ4v) is 5.89. The van der Waals surface area contributed by atoms with Gasteiger partial charge in [0.15, 0.2) is 14.9 Å². The van der Waals surface area contributed by atoms with Crippen LogP contribution in [0.3, 0.4) is 0 Å². The average Bonchev–Trinajstić information content (AvgIpc) is 1.97. The summed E-state index contributed by atoms with van der Waals surface area (Å²) in [7, 11) is -7.26. The predicted molar refractivity (Wildman–Crippen MR) is 62.3 cm³/mol. The summed E-state index contributed by atoms with van der Waals surface area (Å²) in [5.74, 6) is 0. The smallest absolute Gasteiger partial charge is 0.229 e. The van der Waals surface area contributed by atoms with Crippen molar-refractivity contribution in [2.75, 3.05) is 24.4 Å². The van der Waals surface area contributed by atoms with Gasteiger partial charge in [-0.05, 0) is 13.8 Å². The molecule has 1 saturated heterocycles. The fourth-order valence-electron chi connectivity index (χ4n) is 2.00. The third-order valence-electron chi connectivity index (χ3n) is 2.43. The van der Waals surface area contributed by atoms with Crippen LogP contribution >= 0.6 is 0 Å². The van der Waals surface area contributed by atoms with Crippen LogP contribution in [0, 0.1) is 0 Å². The van der Waals surface area contributed by atoms with Crippen molar-refractivity contribution in [3.05, 3.63) is 0 Å². The Morgan fingerprint density at radius 1 is 1.12 bits per heavy atom. The maximum atomic E-state index is 11.9. The number of nitrogens with zero attached hydrogens (tertiary/aromatic N) is 1. The first kappa shape index (κ1) is 13.9. The highest BCUT2D eigenvalue weighted by molar-refractivity contribution is 8.06. The molecule has 0 aromatic carbocycles. The van der Waals surface area contributed by atoms with Crippen molar-refractivity contribution >= 4 is 19.9 Å². The second-order valence-electron chi connectivity index (χ2n) is 4.34. The SMILES string of the molecule is CC1CNCC(C)N1S(=O)(=O)CS(C)(=O)=O. The van der Waals surface area contributed by atoms with Crippen molar-refractivity contribution in [3.63, 3.8) is 0 Å². The summed E-state index contributed by atoms with van der Waals surface area (Å²) in [4.78, 5) is 0. The zero-order chi connectivity index (χ0) is 12.6. The highest BCUT2D eigenvalue weighted by Crippen LogP contribution is 2.16. The molecule has 1 aliphatic heterocycles. The van der Waals surface area contributed by atoms with E-state index < -0.39 is 24.9 Å². The Balaban J connectivity index is 2.97. The normalized spacial score (nSPS) is 29.2. The molecule has 96 valence electrons. The molecule has 0 amide bonds. The van der Waals surface area contributed by atoms with Crippen molar-refractivity contribution in [2.45, 2.75) is 25.9 Å². The van der Waals surface area contributed by atoms with E-state index in [1.54, 1.807) is 13.8 Å². The molecule has 0 spiro atoms. The fraction of sp³-hybridized carbons (Fsp3) is 1.00. The summed E-state index contributed by atoms with van der Waals surface area (Å²) in [6, 6.07) is -0.425. The topological polar surface area (TPSA) is 83.6 Å².